The van der Waals surface area contributed by atoms with Crippen LogP contribution in [0.5, 0.6) is 23.0 Å². The Morgan fingerprint density at radius 2 is 0.581 bits per heavy atom. The van der Waals surface area contributed by atoms with Gasteiger partial charge in [-0.1, -0.05) is 222 Å². The Balaban J connectivity index is -0.000000426. The normalized spacial score (nSPS) is 8.61. The molecule has 62 heavy (non-hydrogen) atoms. The Morgan fingerprint density at radius 3 is 0.887 bits per heavy atom. The molecule has 0 aliphatic heterocycles. The zero-order valence-electron chi connectivity index (χ0n) is 40.0. The second kappa shape index (κ2) is 47.1. The summed E-state index contributed by atoms with van der Waals surface area (Å²) in [7, 11) is 0. The molecule has 0 saturated heterocycles. The SMILES string of the molecule is CC.CC.CC.CC.CC.CC.[NH-]Cc1cc(OCc2ccccc2)cc(OCc2ccccc2)c1.[NH-]Cc1ccc(OCc2ccccc2)c(OCc2ccccc2)c1.[Y].[Y]. The summed E-state index contributed by atoms with van der Waals surface area (Å²) in [6.45, 7) is 26.4. The Morgan fingerprint density at radius 1 is 0.290 bits per heavy atom. The zero-order valence-corrected chi connectivity index (χ0v) is 45.7. The van der Waals surface area contributed by atoms with Crippen molar-refractivity contribution in [2.75, 3.05) is 0 Å². The van der Waals surface area contributed by atoms with Gasteiger partial charge >= 0.3 is 0 Å². The van der Waals surface area contributed by atoms with Gasteiger partial charge in [0, 0.05) is 71.5 Å². The minimum absolute atomic E-state index is 0. The van der Waals surface area contributed by atoms with Crippen molar-refractivity contribution in [2.24, 2.45) is 0 Å². The van der Waals surface area contributed by atoms with Gasteiger partial charge in [0.25, 0.3) is 0 Å². The molecule has 6 nitrogen and oxygen atoms in total. The van der Waals surface area contributed by atoms with Gasteiger partial charge in [0.2, 0.25) is 0 Å². The van der Waals surface area contributed by atoms with Gasteiger partial charge < -0.3 is 30.4 Å². The maximum absolute atomic E-state index is 7.62. The standard InChI is InChI=1S/2C21H20NO2.6C2H6.2Y/c22-14-19-11-20(23-15-17-7-3-1-4-8-17)13-21(12-19)24-16-18-9-5-2-6-10-18;22-14-19-11-12-20(23-15-17-7-3-1-4-8-17)21(13-19)24-16-18-9-5-2-6-10-18;6*1-2;;/h2*1-13,22H,14-16H2;6*1-2H3;;/q2*-1;;;;;;;;. The molecule has 0 aromatic heterocycles. The molecule has 8 heteroatoms. The third kappa shape index (κ3) is 29.1. The van der Waals surface area contributed by atoms with E-state index in [0.29, 0.717) is 37.9 Å². The van der Waals surface area contributed by atoms with Crippen LogP contribution in [0.3, 0.4) is 0 Å². The molecule has 334 valence electrons. The second-order valence-corrected chi connectivity index (χ2v) is 11.0. The summed E-state index contributed by atoms with van der Waals surface area (Å²) in [5.41, 5.74) is 21.4. The van der Waals surface area contributed by atoms with Crippen molar-refractivity contribution in [3.05, 3.63) is 203 Å². The average Bonchev–Trinajstić information content (AvgIpc) is 3.36. The summed E-state index contributed by atoms with van der Waals surface area (Å²) in [6, 6.07) is 51.5. The van der Waals surface area contributed by atoms with Crippen molar-refractivity contribution < 1.29 is 84.4 Å². The fourth-order valence-corrected chi connectivity index (χ4v) is 4.75. The molecule has 0 spiro atoms. The minimum Gasteiger partial charge on any atom is -0.674 e. The Kier molecular flexibility index (Phi) is 49.6. The molecular weight excluding hydrogens is 918 g/mol. The quantitative estimate of drug-likeness (QED) is 0.109. The molecule has 0 bridgehead atoms. The van der Waals surface area contributed by atoms with Crippen molar-refractivity contribution in [3.63, 3.8) is 0 Å². The molecule has 6 rings (SSSR count). The van der Waals surface area contributed by atoms with Gasteiger partial charge in [-0.05, 0) is 46.5 Å². The van der Waals surface area contributed by atoms with Gasteiger partial charge in [-0.2, -0.15) is 0 Å². The van der Waals surface area contributed by atoms with Crippen molar-refractivity contribution in [3.8, 4) is 23.0 Å². The molecule has 6 aromatic rings. The van der Waals surface area contributed by atoms with Crippen molar-refractivity contribution in [1.82, 2.24) is 0 Å². The van der Waals surface area contributed by atoms with Gasteiger partial charge in [-0.3, -0.25) is 0 Å². The van der Waals surface area contributed by atoms with Crippen molar-refractivity contribution >= 4 is 0 Å². The van der Waals surface area contributed by atoms with Crippen molar-refractivity contribution in [2.45, 2.75) is 123 Å². The molecule has 0 heterocycles. The first-order chi connectivity index (χ1) is 29.7. The van der Waals surface area contributed by atoms with Crippen LogP contribution in [0.2, 0.25) is 0 Å². The Bertz CT molecular complexity index is 1740. The number of rotatable bonds is 14. The van der Waals surface area contributed by atoms with Crippen LogP contribution in [0.4, 0.5) is 0 Å². The van der Waals surface area contributed by atoms with E-state index in [2.05, 4.69) is 0 Å². The third-order valence-electron chi connectivity index (χ3n) is 7.33. The Hall–Kier alpha value is -3.35. The molecule has 0 amide bonds. The monoisotopic (exact) mass is 994 g/mol. The molecule has 0 atom stereocenters. The van der Waals surface area contributed by atoms with Crippen LogP contribution >= 0.6 is 0 Å². The zero-order chi connectivity index (χ0) is 45.2. The summed E-state index contributed by atoms with van der Waals surface area (Å²) in [4.78, 5) is 0. The largest absolute Gasteiger partial charge is 0.674 e. The van der Waals surface area contributed by atoms with E-state index < -0.39 is 0 Å². The number of nitrogens with one attached hydrogen (secondary N) is 2. The van der Waals surface area contributed by atoms with Crippen LogP contribution < -0.4 is 18.9 Å². The van der Waals surface area contributed by atoms with Crippen molar-refractivity contribution in [1.29, 1.82) is 0 Å². The van der Waals surface area contributed by atoms with Gasteiger partial charge in [0.15, 0.2) is 11.5 Å². The van der Waals surface area contributed by atoms with Crippen LogP contribution in [0, 0.1) is 0 Å². The van der Waals surface area contributed by atoms with Gasteiger partial charge in [0.05, 0.1) is 0 Å². The summed E-state index contributed by atoms with van der Waals surface area (Å²) in [5, 5.41) is 0. The summed E-state index contributed by atoms with van der Waals surface area (Å²) in [5.74, 6) is 2.84. The molecule has 0 fully saturated rings. The van der Waals surface area contributed by atoms with E-state index in [9.17, 15) is 0 Å². The molecule has 2 radical (unpaired) electrons. The smallest absolute Gasteiger partial charge is 0.161 e. The first kappa shape index (κ1) is 65.3. The molecule has 0 aliphatic rings. The molecule has 2 N–H and O–H groups in total. The molecule has 0 unspecified atom stereocenters. The molecular formula is C54H76N2O4Y2-2. The summed E-state index contributed by atoms with van der Waals surface area (Å²) in [6.07, 6.45) is 0. The summed E-state index contributed by atoms with van der Waals surface area (Å²) >= 11 is 0. The number of hydrogen-bond donors (Lipinski definition) is 0. The van der Waals surface area contributed by atoms with E-state index in [1.54, 1.807) is 0 Å². The predicted molar refractivity (Wildman–Crippen MR) is 260 cm³/mol. The molecule has 0 saturated carbocycles. The van der Waals surface area contributed by atoms with E-state index in [-0.39, 0.29) is 78.5 Å². The fourth-order valence-electron chi connectivity index (χ4n) is 4.75. The first-order valence-electron chi connectivity index (χ1n) is 21.9. The van der Waals surface area contributed by atoms with Gasteiger partial charge in [0.1, 0.15) is 37.9 Å². The maximum Gasteiger partial charge on any atom is 0.161 e. The minimum atomic E-state index is 0. The Labute approximate surface area is 428 Å². The van der Waals surface area contributed by atoms with E-state index in [1.165, 1.54) is 0 Å². The van der Waals surface area contributed by atoms with Crippen LogP contribution in [-0.2, 0) is 105 Å². The van der Waals surface area contributed by atoms with Crippen LogP contribution in [0.15, 0.2) is 158 Å². The predicted octanol–water partition coefficient (Wildman–Crippen LogP) is 16.9. The van der Waals surface area contributed by atoms with E-state index >= 15 is 0 Å². The van der Waals surface area contributed by atoms with Gasteiger partial charge in [-0.15, -0.1) is 13.1 Å². The number of hydrogen-bond acceptors (Lipinski definition) is 4. The van der Waals surface area contributed by atoms with E-state index in [1.807, 2.05) is 241 Å². The fraction of sp³-hybridized carbons (Fsp3) is 0.333. The van der Waals surface area contributed by atoms with Crippen LogP contribution in [-0.4, -0.2) is 0 Å². The van der Waals surface area contributed by atoms with Gasteiger partial charge in [-0.25, -0.2) is 0 Å². The topological polar surface area (TPSA) is 84.5 Å². The third-order valence-corrected chi connectivity index (χ3v) is 7.33. The second-order valence-electron chi connectivity index (χ2n) is 11.0. The molecule has 6 aromatic carbocycles. The van der Waals surface area contributed by atoms with E-state index in [4.69, 9.17) is 30.4 Å². The summed E-state index contributed by atoms with van der Waals surface area (Å²) < 4.78 is 23.6. The van der Waals surface area contributed by atoms with Crippen LogP contribution in [0.1, 0.15) is 116 Å². The average molecular weight is 995 g/mol. The van der Waals surface area contributed by atoms with Crippen LogP contribution in [0.25, 0.3) is 11.5 Å². The number of benzene rings is 6. The van der Waals surface area contributed by atoms with E-state index in [0.717, 1.165) is 44.9 Å². The number of ether oxygens (including phenoxy) is 4. The molecule has 0 aliphatic carbocycles. The first-order valence-corrected chi connectivity index (χ1v) is 21.9. The maximum atomic E-state index is 7.62.